The van der Waals surface area contributed by atoms with Gasteiger partial charge in [0.05, 0.1) is 17.7 Å². The molecule has 0 saturated carbocycles. The maximum atomic E-state index is 12.2. The number of hydrogen-bond donors (Lipinski definition) is 0. The van der Waals surface area contributed by atoms with E-state index in [0.29, 0.717) is 0 Å². The molecular formula is C17H15BrO4. The van der Waals surface area contributed by atoms with E-state index in [9.17, 15) is 9.59 Å². The molecule has 0 aliphatic carbocycles. The molecule has 5 heteroatoms. The van der Waals surface area contributed by atoms with Crippen LogP contribution in [-0.2, 0) is 16.1 Å². The van der Waals surface area contributed by atoms with Crippen LogP contribution in [0.4, 0.5) is 0 Å². The molecule has 4 nitrogen and oxygen atoms in total. The van der Waals surface area contributed by atoms with Gasteiger partial charge in [-0.2, -0.15) is 0 Å². The van der Waals surface area contributed by atoms with Gasteiger partial charge in [-0.05, 0) is 36.8 Å². The Morgan fingerprint density at radius 2 is 1.59 bits per heavy atom. The molecule has 0 N–H and O–H groups in total. The predicted molar refractivity (Wildman–Crippen MR) is 85.7 cm³/mol. The van der Waals surface area contributed by atoms with Crippen LogP contribution in [0.2, 0.25) is 0 Å². The molecule has 2 aromatic carbocycles. The van der Waals surface area contributed by atoms with Crippen molar-refractivity contribution in [1.82, 2.24) is 0 Å². The second kappa shape index (κ2) is 7.75. The molecule has 0 aliphatic heterocycles. The van der Waals surface area contributed by atoms with Gasteiger partial charge in [0.2, 0.25) is 0 Å². The molecule has 0 bridgehead atoms. The van der Waals surface area contributed by atoms with Gasteiger partial charge < -0.3 is 9.47 Å². The number of carbonyl (C=O) groups is 2. The highest BCUT2D eigenvalue weighted by atomic mass is 79.9. The van der Waals surface area contributed by atoms with Crippen molar-refractivity contribution in [3.63, 3.8) is 0 Å². The summed E-state index contributed by atoms with van der Waals surface area (Å²) in [7, 11) is 0. The second-order valence-electron chi connectivity index (χ2n) is 4.47. The van der Waals surface area contributed by atoms with Crippen LogP contribution in [0.1, 0.15) is 33.2 Å². The Morgan fingerprint density at radius 1 is 0.955 bits per heavy atom. The average Bonchev–Trinajstić information content (AvgIpc) is 2.53. The van der Waals surface area contributed by atoms with Gasteiger partial charge in [0.15, 0.2) is 0 Å². The molecule has 0 heterocycles. The number of rotatable bonds is 5. The normalized spacial score (nSPS) is 10.1. The summed E-state index contributed by atoms with van der Waals surface area (Å²) in [6.07, 6.45) is 0. The lowest BCUT2D eigenvalue weighted by molar-refractivity contribution is 0.0445. The van der Waals surface area contributed by atoms with Gasteiger partial charge in [0, 0.05) is 4.47 Å². The van der Waals surface area contributed by atoms with Crippen molar-refractivity contribution < 1.29 is 19.1 Å². The van der Waals surface area contributed by atoms with Gasteiger partial charge in [-0.3, -0.25) is 0 Å². The first kappa shape index (κ1) is 16.2. The van der Waals surface area contributed by atoms with Gasteiger partial charge in [-0.25, -0.2) is 9.59 Å². The van der Waals surface area contributed by atoms with E-state index in [1.165, 1.54) is 0 Å². The fourth-order valence-corrected chi connectivity index (χ4v) is 2.35. The Labute approximate surface area is 137 Å². The van der Waals surface area contributed by atoms with E-state index in [1.54, 1.807) is 31.2 Å². The first-order valence-corrected chi connectivity index (χ1v) is 7.59. The maximum absolute atomic E-state index is 12.2. The number of benzene rings is 2. The number of esters is 2. The van der Waals surface area contributed by atoms with E-state index in [4.69, 9.17) is 9.47 Å². The Balaban J connectivity index is 2.11. The molecule has 114 valence electrons. The van der Waals surface area contributed by atoms with Crippen LogP contribution in [-0.4, -0.2) is 18.5 Å². The van der Waals surface area contributed by atoms with Gasteiger partial charge in [0.25, 0.3) is 0 Å². The van der Waals surface area contributed by atoms with Crippen LogP contribution in [0, 0.1) is 0 Å². The molecule has 0 atom stereocenters. The van der Waals surface area contributed by atoms with E-state index in [0.717, 1.165) is 10.0 Å². The van der Waals surface area contributed by atoms with Crippen LogP contribution < -0.4 is 0 Å². The highest BCUT2D eigenvalue weighted by Crippen LogP contribution is 2.15. The summed E-state index contributed by atoms with van der Waals surface area (Å²) in [5, 5.41) is 0. The van der Waals surface area contributed by atoms with Crippen LogP contribution in [0.25, 0.3) is 0 Å². The molecule has 0 aliphatic rings. The van der Waals surface area contributed by atoms with Crippen molar-refractivity contribution in [3.8, 4) is 0 Å². The highest BCUT2D eigenvalue weighted by Gasteiger charge is 2.18. The smallest absolute Gasteiger partial charge is 0.339 e. The van der Waals surface area contributed by atoms with Crippen LogP contribution >= 0.6 is 15.9 Å². The number of hydrogen-bond acceptors (Lipinski definition) is 4. The third-order valence-corrected chi connectivity index (χ3v) is 3.39. The number of carbonyl (C=O) groups excluding carboxylic acids is 2. The van der Waals surface area contributed by atoms with E-state index in [2.05, 4.69) is 15.9 Å². The first-order chi connectivity index (χ1) is 10.6. The fourth-order valence-electron chi connectivity index (χ4n) is 1.90. The minimum Gasteiger partial charge on any atom is -0.462 e. The van der Waals surface area contributed by atoms with E-state index in [-0.39, 0.29) is 24.3 Å². The van der Waals surface area contributed by atoms with Gasteiger partial charge in [0.1, 0.15) is 6.61 Å². The Morgan fingerprint density at radius 3 is 2.18 bits per heavy atom. The fraction of sp³-hybridized carbons (Fsp3) is 0.176. The van der Waals surface area contributed by atoms with Crippen molar-refractivity contribution in [2.45, 2.75) is 13.5 Å². The quantitative estimate of drug-likeness (QED) is 0.754. The van der Waals surface area contributed by atoms with Crippen LogP contribution in [0.3, 0.4) is 0 Å². The molecule has 0 saturated heterocycles. The standard InChI is InChI=1S/C17H15BrO4/c1-2-21-16(19)14-8-3-4-9-15(14)17(20)22-11-12-6-5-7-13(18)10-12/h3-10H,2,11H2,1H3. The highest BCUT2D eigenvalue weighted by molar-refractivity contribution is 9.10. The molecule has 2 aromatic rings. The second-order valence-corrected chi connectivity index (χ2v) is 5.39. The minimum absolute atomic E-state index is 0.134. The molecule has 0 unspecified atom stereocenters. The molecule has 0 spiro atoms. The third kappa shape index (κ3) is 4.18. The van der Waals surface area contributed by atoms with E-state index < -0.39 is 11.9 Å². The van der Waals surface area contributed by atoms with Crippen LogP contribution in [0.5, 0.6) is 0 Å². The molecule has 0 fully saturated rings. The monoisotopic (exact) mass is 362 g/mol. The summed E-state index contributed by atoms with van der Waals surface area (Å²) in [4.78, 5) is 24.0. The average molecular weight is 363 g/mol. The predicted octanol–water partition coefficient (Wildman–Crippen LogP) is 3.98. The molecule has 0 amide bonds. The third-order valence-electron chi connectivity index (χ3n) is 2.90. The van der Waals surface area contributed by atoms with Gasteiger partial charge in [-0.15, -0.1) is 0 Å². The molecular weight excluding hydrogens is 348 g/mol. The summed E-state index contributed by atoms with van der Waals surface area (Å²) in [5.41, 5.74) is 1.27. The Bertz CT molecular complexity index is 682. The maximum Gasteiger partial charge on any atom is 0.339 e. The lowest BCUT2D eigenvalue weighted by atomic mass is 10.1. The summed E-state index contributed by atoms with van der Waals surface area (Å²) < 4.78 is 11.1. The summed E-state index contributed by atoms with van der Waals surface area (Å²) in [5.74, 6) is -1.08. The largest absolute Gasteiger partial charge is 0.462 e. The molecule has 2 rings (SSSR count). The Hall–Kier alpha value is -2.14. The van der Waals surface area contributed by atoms with Crippen molar-refractivity contribution >= 4 is 27.9 Å². The van der Waals surface area contributed by atoms with E-state index in [1.807, 2.05) is 24.3 Å². The zero-order valence-electron chi connectivity index (χ0n) is 12.0. The molecule has 0 radical (unpaired) electrons. The van der Waals surface area contributed by atoms with E-state index >= 15 is 0 Å². The lowest BCUT2D eigenvalue weighted by Crippen LogP contribution is -2.13. The number of halogens is 1. The van der Waals surface area contributed by atoms with Crippen molar-refractivity contribution in [2.24, 2.45) is 0 Å². The van der Waals surface area contributed by atoms with Crippen molar-refractivity contribution in [3.05, 3.63) is 69.7 Å². The summed E-state index contributed by atoms with van der Waals surface area (Å²) in [6, 6.07) is 13.9. The zero-order chi connectivity index (χ0) is 15.9. The molecule has 0 aromatic heterocycles. The Kier molecular flexibility index (Phi) is 5.72. The van der Waals surface area contributed by atoms with Crippen molar-refractivity contribution in [2.75, 3.05) is 6.61 Å². The summed E-state index contributed by atoms with van der Waals surface area (Å²) >= 11 is 3.36. The number of ether oxygens (including phenoxy) is 2. The first-order valence-electron chi connectivity index (χ1n) is 6.79. The summed E-state index contributed by atoms with van der Waals surface area (Å²) in [6.45, 7) is 2.10. The zero-order valence-corrected chi connectivity index (χ0v) is 13.6. The molecule has 22 heavy (non-hydrogen) atoms. The lowest BCUT2D eigenvalue weighted by Gasteiger charge is -2.09. The van der Waals surface area contributed by atoms with Gasteiger partial charge in [-0.1, -0.05) is 40.2 Å². The minimum atomic E-state index is -0.552. The van der Waals surface area contributed by atoms with Crippen LogP contribution in [0.15, 0.2) is 53.0 Å². The SMILES string of the molecule is CCOC(=O)c1ccccc1C(=O)OCc1cccc(Br)c1. The van der Waals surface area contributed by atoms with Gasteiger partial charge >= 0.3 is 11.9 Å². The topological polar surface area (TPSA) is 52.6 Å². The van der Waals surface area contributed by atoms with Crippen molar-refractivity contribution in [1.29, 1.82) is 0 Å².